The summed E-state index contributed by atoms with van der Waals surface area (Å²) in [7, 11) is 0. The van der Waals surface area contributed by atoms with Crippen molar-refractivity contribution in [3.05, 3.63) is 29.3 Å². The van der Waals surface area contributed by atoms with E-state index in [1.807, 2.05) is 0 Å². The third-order valence-electron chi connectivity index (χ3n) is 2.62. The molecule has 2 nitrogen and oxygen atoms in total. The van der Waals surface area contributed by atoms with Gasteiger partial charge in [0, 0.05) is 0 Å². The van der Waals surface area contributed by atoms with Gasteiger partial charge >= 0.3 is 0 Å². The summed E-state index contributed by atoms with van der Waals surface area (Å²) in [4.78, 5) is 0. The normalized spacial score (nSPS) is 19.3. The van der Waals surface area contributed by atoms with Crippen LogP contribution in [0, 0.1) is 6.92 Å². The molecule has 1 unspecified atom stereocenters. The van der Waals surface area contributed by atoms with Crippen molar-refractivity contribution in [3.63, 3.8) is 0 Å². The van der Waals surface area contributed by atoms with Gasteiger partial charge in [0.05, 0.1) is 6.61 Å². The number of ether oxygens (including phenoxy) is 2. The Labute approximate surface area is 91.2 Å². The molecule has 1 aliphatic heterocycles. The van der Waals surface area contributed by atoms with Crippen LogP contribution in [0.5, 0.6) is 5.75 Å². The zero-order valence-corrected chi connectivity index (χ0v) is 9.62. The van der Waals surface area contributed by atoms with Gasteiger partial charge in [0.2, 0.25) is 0 Å². The molecule has 1 aliphatic rings. The smallest absolute Gasteiger partial charge is 0.123 e. The number of rotatable bonds is 4. The highest BCUT2D eigenvalue weighted by Gasteiger charge is 2.23. The predicted octanol–water partition coefficient (Wildman–Crippen LogP) is 2.90. The minimum absolute atomic E-state index is 0.325. The maximum atomic E-state index is 5.78. The van der Waals surface area contributed by atoms with E-state index in [1.165, 1.54) is 11.1 Å². The molecule has 0 N–H and O–H groups in total. The summed E-state index contributed by atoms with van der Waals surface area (Å²) in [5.74, 6) is 1.52. The summed E-state index contributed by atoms with van der Waals surface area (Å²) in [6.07, 6.45) is 0.325. The van der Waals surface area contributed by atoms with E-state index in [2.05, 4.69) is 39.0 Å². The monoisotopic (exact) mass is 206 g/mol. The Morgan fingerprint density at radius 1 is 1.47 bits per heavy atom. The van der Waals surface area contributed by atoms with Crippen molar-refractivity contribution in [2.75, 3.05) is 13.2 Å². The van der Waals surface area contributed by atoms with Crippen molar-refractivity contribution in [1.29, 1.82) is 0 Å². The zero-order valence-electron chi connectivity index (χ0n) is 9.62. The fourth-order valence-corrected chi connectivity index (χ4v) is 1.59. The van der Waals surface area contributed by atoms with Gasteiger partial charge in [0.1, 0.15) is 18.5 Å². The minimum Gasteiger partial charge on any atom is -0.490 e. The first-order valence-corrected chi connectivity index (χ1v) is 5.52. The topological polar surface area (TPSA) is 21.8 Å². The Hall–Kier alpha value is -1.02. The molecular weight excluding hydrogens is 188 g/mol. The van der Waals surface area contributed by atoms with Crippen LogP contribution in [0.4, 0.5) is 0 Å². The molecule has 0 amide bonds. The van der Waals surface area contributed by atoms with E-state index in [0.717, 1.165) is 12.4 Å². The highest BCUT2D eigenvalue weighted by Crippen LogP contribution is 2.28. The van der Waals surface area contributed by atoms with Crippen LogP contribution in [-0.4, -0.2) is 19.3 Å². The maximum Gasteiger partial charge on any atom is 0.123 e. The van der Waals surface area contributed by atoms with E-state index >= 15 is 0 Å². The lowest BCUT2D eigenvalue weighted by Gasteiger charge is -2.14. The van der Waals surface area contributed by atoms with Crippen molar-refractivity contribution < 1.29 is 9.47 Å². The van der Waals surface area contributed by atoms with Crippen LogP contribution >= 0.6 is 0 Å². The molecule has 0 saturated carbocycles. The van der Waals surface area contributed by atoms with Crippen LogP contribution in [0.1, 0.15) is 30.9 Å². The van der Waals surface area contributed by atoms with Gasteiger partial charge in [0.25, 0.3) is 0 Å². The molecule has 0 bridgehead atoms. The van der Waals surface area contributed by atoms with Crippen molar-refractivity contribution in [2.45, 2.75) is 32.8 Å². The maximum absolute atomic E-state index is 5.78. The van der Waals surface area contributed by atoms with Gasteiger partial charge in [-0.05, 0) is 30.0 Å². The molecule has 2 heteroatoms. The SMILES string of the molecule is Cc1ccc(C(C)C)c(OCC2CO2)c1. The molecule has 1 fully saturated rings. The van der Waals surface area contributed by atoms with Crippen LogP contribution < -0.4 is 4.74 Å². The van der Waals surface area contributed by atoms with Crippen molar-refractivity contribution >= 4 is 0 Å². The average Bonchev–Trinajstić information content (AvgIpc) is 2.97. The van der Waals surface area contributed by atoms with E-state index in [1.54, 1.807) is 0 Å². The summed E-state index contributed by atoms with van der Waals surface area (Å²) in [6.45, 7) is 7.99. The van der Waals surface area contributed by atoms with E-state index < -0.39 is 0 Å². The van der Waals surface area contributed by atoms with Gasteiger partial charge in [-0.3, -0.25) is 0 Å². The Balaban J connectivity index is 2.13. The van der Waals surface area contributed by atoms with Gasteiger partial charge in [0.15, 0.2) is 0 Å². The van der Waals surface area contributed by atoms with Crippen molar-refractivity contribution in [1.82, 2.24) is 0 Å². The number of epoxide rings is 1. The molecule has 15 heavy (non-hydrogen) atoms. The van der Waals surface area contributed by atoms with E-state index in [9.17, 15) is 0 Å². The average molecular weight is 206 g/mol. The molecule has 0 aliphatic carbocycles. The lowest BCUT2D eigenvalue weighted by atomic mass is 10.0. The van der Waals surface area contributed by atoms with Crippen LogP contribution in [-0.2, 0) is 4.74 Å². The second-order valence-corrected chi connectivity index (χ2v) is 4.46. The molecule has 1 atom stereocenters. The molecule has 82 valence electrons. The van der Waals surface area contributed by atoms with Crippen molar-refractivity contribution in [2.24, 2.45) is 0 Å². The molecule has 1 heterocycles. The van der Waals surface area contributed by atoms with E-state index in [0.29, 0.717) is 18.6 Å². The summed E-state index contributed by atoms with van der Waals surface area (Å²) >= 11 is 0. The van der Waals surface area contributed by atoms with Crippen LogP contribution in [0.3, 0.4) is 0 Å². The third-order valence-corrected chi connectivity index (χ3v) is 2.62. The first-order chi connectivity index (χ1) is 7.16. The Kier molecular flexibility index (Phi) is 2.96. The largest absolute Gasteiger partial charge is 0.490 e. The van der Waals surface area contributed by atoms with E-state index in [4.69, 9.17) is 9.47 Å². The lowest BCUT2D eigenvalue weighted by Crippen LogP contribution is -2.06. The molecule has 0 spiro atoms. The van der Waals surface area contributed by atoms with Crippen LogP contribution in [0.15, 0.2) is 18.2 Å². The minimum atomic E-state index is 0.325. The molecule has 2 rings (SSSR count). The lowest BCUT2D eigenvalue weighted by molar-refractivity contribution is 0.260. The Bertz CT molecular complexity index is 340. The predicted molar refractivity (Wildman–Crippen MR) is 60.5 cm³/mol. The van der Waals surface area contributed by atoms with Crippen molar-refractivity contribution in [3.8, 4) is 5.75 Å². The second kappa shape index (κ2) is 4.23. The Morgan fingerprint density at radius 2 is 2.20 bits per heavy atom. The number of hydrogen-bond donors (Lipinski definition) is 0. The number of aryl methyl sites for hydroxylation is 1. The molecule has 1 aromatic carbocycles. The van der Waals surface area contributed by atoms with Gasteiger partial charge < -0.3 is 9.47 Å². The first kappa shape index (κ1) is 10.5. The fourth-order valence-electron chi connectivity index (χ4n) is 1.59. The highest BCUT2D eigenvalue weighted by molar-refractivity contribution is 5.39. The van der Waals surface area contributed by atoms with Crippen LogP contribution in [0.2, 0.25) is 0 Å². The Morgan fingerprint density at radius 3 is 2.80 bits per heavy atom. The summed E-state index contributed by atoms with van der Waals surface area (Å²) in [5.41, 5.74) is 2.52. The summed E-state index contributed by atoms with van der Waals surface area (Å²) < 4.78 is 10.9. The van der Waals surface area contributed by atoms with E-state index in [-0.39, 0.29) is 0 Å². The molecule has 0 radical (unpaired) electrons. The fraction of sp³-hybridized carbons (Fsp3) is 0.538. The summed E-state index contributed by atoms with van der Waals surface area (Å²) in [5, 5.41) is 0. The number of hydrogen-bond acceptors (Lipinski definition) is 2. The molecular formula is C13H18O2. The second-order valence-electron chi connectivity index (χ2n) is 4.46. The van der Waals surface area contributed by atoms with Gasteiger partial charge in [-0.1, -0.05) is 26.0 Å². The zero-order chi connectivity index (χ0) is 10.8. The third kappa shape index (κ3) is 2.72. The van der Waals surface area contributed by atoms with Gasteiger partial charge in [-0.15, -0.1) is 0 Å². The molecule has 0 aromatic heterocycles. The molecule has 1 saturated heterocycles. The quantitative estimate of drug-likeness (QED) is 0.706. The molecule has 1 aromatic rings. The van der Waals surface area contributed by atoms with Crippen LogP contribution in [0.25, 0.3) is 0 Å². The standard InChI is InChI=1S/C13H18O2/c1-9(2)12-5-4-10(3)6-13(12)15-8-11-7-14-11/h4-6,9,11H,7-8H2,1-3H3. The van der Waals surface area contributed by atoms with Gasteiger partial charge in [-0.25, -0.2) is 0 Å². The highest BCUT2D eigenvalue weighted by atomic mass is 16.6. The first-order valence-electron chi connectivity index (χ1n) is 5.52. The number of benzene rings is 1. The summed E-state index contributed by atoms with van der Waals surface area (Å²) in [6, 6.07) is 6.40. The van der Waals surface area contributed by atoms with Gasteiger partial charge in [-0.2, -0.15) is 0 Å².